The Morgan fingerprint density at radius 2 is 2.30 bits per heavy atom. The van der Waals surface area contributed by atoms with Crippen molar-refractivity contribution < 1.29 is 4.21 Å². The van der Waals surface area contributed by atoms with E-state index in [1.165, 1.54) is 0 Å². The van der Waals surface area contributed by atoms with Crippen LogP contribution in [0.1, 0.15) is 32.6 Å². The number of aromatic nitrogens is 2. The topological polar surface area (TPSA) is 71.3 Å². The molecule has 1 aliphatic rings. The molecule has 1 aromatic rings. The lowest BCUT2D eigenvalue weighted by atomic mass is 9.95. The van der Waals surface area contributed by atoms with Gasteiger partial charge in [-0.1, -0.05) is 13.3 Å². The van der Waals surface area contributed by atoms with Gasteiger partial charge in [0.25, 0.3) is 0 Å². The molecule has 1 saturated carbocycles. The van der Waals surface area contributed by atoms with Gasteiger partial charge in [0, 0.05) is 60.4 Å². The van der Waals surface area contributed by atoms with Crippen LogP contribution in [0.25, 0.3) is 0 Å². The molecule has 0 aromatic carbocycles. The number of nitrogens with zero attached hydrogens (tertiary/aromatic N) is 3. The monoisotopic (exact) mass is 453 g/mol. The minimum Gasteiger partial charge on any atom is -0.355 e. The molecule has 0 radical (unpaired) electrons. The van der Waals surface area contributed by atoms with Gasteiger partial charge in [-0.2, -0.15) is 0 Å². The zero-order valence-corrected chi connectivity index (χ0v) is 17.0. The van der Waals surface area contributed by atoms with Crippen molar-refractivity contribution in [2.45, 2.75) is 50.4 Å². The van der Waals surface area contributed by atoms with E-state index in [-0.39, 0.29) is 24.0 Å². The largest absolute Gasteiger partial charge is 0.355 e. The van der Waals surface area contributed by atoms with Crippen LogP contribution in [0.5, 0.6) is 0 Å². The van der Waals surface area contributed by atoms with Gasteiger partial charge in [0.15, 0.2) is 5.96 Å². The van der Waals surface area contributed by atoms with Gasteiger partial charge in [-0.15, -0.1) is 24.0 Å². The highest BCUT2D eigenvalue weighted by Gasteiger charge is 2.25. The number of nitrogens with one attached hydrogen (secondary N) is 2. The lowest BCUT2D eigenvalue weighted by Crippen LogP contribution is -2.47. The Bertz CT molecular complexity index is 494. The quantitative estimate of drug-likeness (QED) is 0.391. The maximum atomic E-state index is 12.0. The van der Waals surface area contributed by atoms with Crippen LogP contribution in [0.15, 0.2) is 23.7 Å². The second-order valence-electron chi connectivity index (χ2n) is 5.60. The van der Waals surface area contributed by atoms with Crippen molar-refractivity contribution in [3.05, 3.63) is 18.7 Å². The summed E-state index contributed by atoms with van der Waals surface area (Å²) in [7, 11) is 1.10. The molecule has 0 aliphatic heterocycles. The van der Waals surface area contributed by atoms with Gasteiger partial charge in [-0.3, -0.25) is 9.20 Å². The molecule has 0 saturated heterocycles. The van der Waals surface area contributed by atoms with Gasteiger partial charge in [0.05, 0.1) is 6.33 Å². The molecule has 2 N–H and O–H groups in total. The molecule has 0 bridgehead atoms. The summed E-state index contributed by atoms with van der Waals surface area (Å²) >= 11 is 0. The van der Waals surface area contributed by atoms with E-state index in [0.29, 0.717) is 11.3 Å². The predicted molar refractivity (Wildman–Crippen MR) is 107 cm³/mol. The van der Waals surface area contributed by atoms with Gasteiger partial charge >= 0.3 is 0 Å². The highest BCUT2D eigenvalue weighted by molar-refractivity contribution is 14.0. The zero-order valence-electron chi connectivity index (χ0n) is 13.9. The summed E-state index contributed by atoms with van der Waals surface area (Å²) in [5.74, 6) is 1.59. The van der Waals surface area contributed by atoms with Crippen molar-refractivity contribution >= 4 is 40.7 Å². The van der Waals surface area contributed by atoms with Gasteiger partial charge in [0.1, 0.15) is 0 Å². The molecule has 1 fully saturated rings. The maximum absolute atomic E-state index is 12.0. The number of hydrogen-bond acceptors (Lipinski definition) is 3. The van der Waals surface area contributed by atoms with Gasteiger partial charge < -0.3 is 15.2 Å². The second-order valence-corrected chi connectivity index (χ2v) is 7.60. The zero-order chi connectivity index (χ0) is 15.8. The Balaban J connectivity index is 0.00000264. The summed E-state index contributed by atoms with van der Waals surface area (Å²) in [6, 6.07) is 0.369. The summed E-state index contributed by atoms with van der Waals surface area (Å²) in [4.78, 5) is 8.31. The first-order valence-electron chi connectivity index (χ1n) is 8.03. The molecule has 1 aliphatic carbocycles. The Kier molecular flexibility index (Phi) is 9.77. The van der Waals surface area contributed by atoms with Crippen molar-refractivity contribution in [2.75, 3.05) is 19.3 Å². The average molecular weight is 453 g/mol. The van der Waals surface area contributed by atoms with Crippen LogP contribution >= 0.6 is 24.0 Å². The maximum Gasteiger partial charge on any atom is 0.191 e. The summed E-state index contributed by atoms with van der Waals surface area (Å²) in [5, 5.41) is 7.14. The van der Waals surface area contributed by atoms with Gasteiger partial charge in [-0.25, -0.2) is 4.98 Å². The number of guanidine groups is 1. The molecule has 3 atom stereocenters. The average Bonchev–Trinajstić information content (AvgIpc) is 3.06. The van der Waals surface area contributed by atoms with Crippen LogP contribution in [0.2, 0.25) is 0 Å². The third-order valence-corrected chi connectivity index (χ3v) is 5.81. The summed E-state index contributed by atoms with van der Waals surface area (Å²) < 4.78 is 14.0. The van der Waals surface area contributed by atoms with E-state index in [1.807, 2.05) is 24.0 Å². The molecule has 23 heavy (non-hydrogen) atoms. The molecule has 1 heterocycles. The number of halogens is 1. The second kappa shape index (κ2) is 11.0. The summed E-state index contributed by atoms with van der Waals surface area (Å²) in [6.45, 7) is 3.66. The minimum absolute atomic E-state index is 0. The van der Waals surface area contributed by atoms with Crippen LogP contribution in [0, 0.1) is 0 Å². The molecule has 2 rings (SSSR count). The highest BCUT2D eigenvalue weighted by Crippen LogP contribution is 2.22. The molecule has 0 spiro atoms. The smallest absolute Gasteiger partial charge is 0.191 e. The number of hydrogen-bond donors (Lipinski definition) is 2. The molecule has 0 amide bonds. The standard InChI is InChI=1S/C15H27N5OS.HI/c1-3-22(21)14-6-4-5-13(11-14)19-15(16-2)18-8-10-20-9-7-17-12-20;/h7,9,12-14H,3-6,8,10-11H2,1-2H3,(H2,16,18,19);1H. The van der Waals surface area contributed by atoms with Crippen molar-refractivity contribution in [1.29, 1.82) is 0 Å². The molecule has 6 nitrogen and oxygen atoms in total. The van der Waals surface area contributed by atoms with E-state index < -0.39 is 10.8 Å². The van der Waals surface area contributed by atoms with Crippen molar-refractivity contribution in [3.63, 3.8) is 0 Å². The van der Waals surface area contributed by atoms with Crippen molar-refractivity contribution in [2.24, 2.45) is 4.99 Å². The van der Waals surface area contributed by atoms with Gasteiger partial charge in [-0.05, 0) is 19.3 Å². The highest BCUT2D eigenvalue weighted by atomic mass is 127. The molecule has 3 unspecified atom stereocenters. The Labute approximate surface area is 158 Å². The van der Waals surface area contributed by atoms with E-state index in [4.69, 9.17) is 0 Å². The first-order valence-corrected chi connectivity index (χ1v) is 9.41. The lowest BCUT2D eigenvalue weighted by Gasteiger charge is -2.30. The molecular weight excluding hydrogens is 425 g/mol. The first-order chi connectivity index (χ1) is 10.7. The fourth-order valence-corrected chi connectivity index (χ4v) is 4.21. The number of imidazole rings is 1. The SMILES string of the molecule is CCS(=O)C1CCCC(NC(=NC)NCCn2ccnc2)C1.I. The molecule has 8 heteroatoms. The van der Waals surface area contributed by atoms with E-state index in [1.54, 1.807) is 13.2 Å². The predicted octanol–water partition coefficient (Wildman–Crippen LogP) is 1.75. The molecular formula is C15H28IN5OS. The Morgan fingerprint density at radius 3 is 2.96 bits per heavy atom. The minimum atomic E-state index is -0.687. The number of rotatable bonds is 6. The summed E-state index contributed by atoms with van der Waals surface area (Å²) in [6.07, 6.45) is 9.87. The van der Waals surface area contributed by atoms with Crippen LogP contribution in [-0.4, -0.2) is 50.4 Å². The van der Waals surface area contributed by atoms with E-state index in [2.05, 4.69) is 20.6 Å². The fraction of sp³-hybridized carbons (Fsp3) is 0.733. The lowest BCUT2D eigenvalue weighted by molar-refractivity contribution is 0.413. The Hall–Kier alpha value is -0.640. The third-order valence-electron chi connectivity index (χ3n) is 4.07. The van der Waals surface area contributed by atoms with Crippen LogP contribution in [-0.2, 0) is 17.3 Å². The first kappa shape index (κ1) is 20.4. The Morgan fingerprint density at radius 1 is 1.48 bits per heavy atom. The number of aliphatic imine (C=N–C) groups is 1. The fourth-order valence-electron chi connectivity index (χ4n) is 2.86. The normalized spacial score (nSPS) is 23.0. The van der Waals surface area contributed by atoms with Crippen molar-refractivity contribution in [1.82, 2.24) is 20.2 Å². The molecule has 132 valence electrons. The van der Waals surface area contributed by atoms with Crippen LogP contribution in [0.3, 0.4) is 0 Å². The van der Waals surface area contributed by atoms with Crippen LogP contribution < -0.4 is 10.6 Å². The molecule has 1 aromatic heterocycles. The van der Waals surface area contributed by atoms with E-state index in [0.717, 1.165) is 50.5 Å². The van der Waals surface area contributed by atoms with Crippen LogP contribution in [0.4, 0.5) is 0 Å². The third kappa shape index (κ3) is 6.78. The van der Waals surface area contributed by atoms with E-state index in [9.17, 15) is 4.21 Å². The van der Waals surface area contributed by atoms with Crippen molar-refractivity contribution in [3.8, 4) is 0 Å². The van der Waals surface area contributed by atoms with Gasteiger partial charge in [0.2, 0.25) is 0 Å². The van der Waals surface area contributed by atoms with E-state index >= 15 is 0 Å². The summed E-state index contributed by atoms with van der Waals surface area (Å²) in [5.41, 5.74) is 0.